The fourth-order valence-corrected chi connectivity index (χ4v) is 1.46. The van der Waals surface area contributed by atoms with Crippen LogP contribution in [0.3, 0.4) is 0 Å². The van der Waals surface area contributed by atoms with E-state index in [4.69, 9.17) is 5.11 Å². The van der Waals surface area contributed by atoms with Crippen molar-refractivity contribution in [2.24, 2.45) is 0 Å². The maximum absolute atomic E-state index is 13.5. The summed E-state index contributed by atoms with van der Waals surface area (Å²) in [4.78, 5) is 3.88. The predicted molar refractivity (Wildman–Crippen MR) is 56.0 cm³/mol. The molecule has 0 aliphatic carbocycles. The quantitative estimate of drug-likeness (QED) is 0.773. The van der Waals surface area contributed by atoms with E-state index in [9.17, 15) is 4.39 Å². The van der Waals surface area contributed by atoms with E-state index < -0.39 is 5.82 Å². The van der Waals surface area contributed by atoms with E-state index in [-0.39, 0.29) is 11.4 Å². The summed E-state index contributed by atoms with van der Waals surface area (Å²) >= 11 is 0. The molecule has 2 rings (SSSR count). The summed E-state index contributed by atoms with van der Waals surface area (Å²) in [5, 5.41) is 9.05. The van der Waals surface area contributed by atoms with Gasteiger partial charge in [0.1, 0.15) is 11.4 Å². The third kappa shape index (κ3) is 1.81. The van der Waals surface area contributed by atoms with E-state index in [1.807, 2.05) is 25.1 Å². The predicted octanol–water partition coefficient (Wildman–Crippen LogP) is 2.90. The van der Waals surface area contributed by atoms with Crippen molar-refractivity contribution in [2.45, 2.75) is 6.92 Å². The first-order valence-electron chi connectivity index (χ1n) is 4.59. The molecule has 0 bridgehead atoms. The third-order valence-corrected chi connectivity index (χ3v) is 2.23. The van der Waals surface area contributed by atoms with Gasteiger partial charge in [-0.05, 0) is 12.5 Å². The van der Waals surface area contributed by atoms with E-state index in [0.29, 0.717) is 0 Å². The molecule has 0 spiro atoms. The number of hydrogen-bond acceptors (Lipinski definition) is 2. The van der Waals surface area contributed by atoms with Crippen LogP contribution in [0.5, 0.6) is 5.75 Å². The Morgan fingerprint density at radius 2 is 2.00 bits per heavy atom. The molecule has 1 aromatic carbocycles. The summed E-state index contributed by atoms with van der Waals surface area (Å²) in [6.45, 7) is 1.89. The highest BCUT2D eigenvalue weighted by molar-refractivity contribution is 5.64. The van der Waals surface area contributed by atoms with Crippen molar-refractivity contribution in [3.8, 4) is 17.0 Å². The van der Waals surface area contributed by atoms with E-state index in [1.165, 1.54) is 6.20 Å². The lowest BCUT2D eigenvalue weighted by molar-refractivity contribution is 0.466. The molecule has 0 fully saturated rings. The van der Waals surface area contributed by atoms with Gasteiger partial charge in [-0.2, -0.15) is 0 Å². The summed E-state index contributed by atoms with van der Waals surface area (Å²) in [5.41, 5.74) is 1.97. The van der Waals surface area contributed by atoms with Gasteiger partial charge in [-0.3, -0.25) is 0 Å². The molecule has 2 nitrogen and oxygen atoms in total. The zero-order valence-corrected chi connectivity index (χ0v) is 8.24. The van der Waals surface area contributed by atoms with Gasteiger partial charge < -0.3 is 5.11 Å². The Morgan fingerprint density at radius 3 is 2.67 bits per heavy atom. The molecule has 3 heteroatoms. The maximum Gasteiger partial charge on any atom is 0.153 e. The van der Waals surface area contributed by atoms with Gasteiger partial charge in [0.25, 0.3) is 0 Å². The minimum Gasteiger partial charge on any atom is -0.506 e. The molecule has 1 N–H and O–H groups in total. The second kappa shape index (κ2) is 3.69. The van der Waals surface area contributed by atoms with Crippen LogP contribution >= 0.6 is 0 Å². The van der Waals surface area contributed by atoms with Crippen molar-refractivity contribution in [2.75, 3.05) is 0 Å². The van der Waals surface area contributed by atoms with E-state index in [2.05, 4.69) is 4.98 Å². The Labute approximate surface area is 87.0 Å². The summed E-state index contributed by atoms with van der Waals surface area (Å²) in [7, 11) is 0. The minimum atomic E-state index is -0.510. The van der Waals surface area contributed by atoms with Crippen molar-refractivity contribution in [1.82, 2.24) is 4.98 Å². The average molecular weight is 203 g/mol. The Kier molecular flexibility index (Phi) is 2.37. The van der Waals surface area contributed by atoms with Crippen molar-refractivity contribution in [1.29, 1.82) is 0 Å². The lowest BCUT2D eigenvalue weighted by atomic mass is 10.1. The van der Waals surface area contributed by atoms with Crippen LogP contribution in [0.4, 0.5) is 4.39 Å². The smallest absolute Gasteiger partial charge is 0.153 e. The molecular formula is C12H10FNO. The number of pyridine rings is 1. The number of hydrogen-bond donors (Lipinski definition) is 1. The number of aromatic nitrogens is 1. The Bertz CT molecular complexity index is 497. The van der Waals surface area contributed by atoms with Crippen molar-refractivity contribution < 1.29 is 9.50 Å². The summed E-state index contributed by atoms with van der Waals surface area (Å²) in [6.07, 6.45) is 1.24. The van der Waals surface area contributed by atoms with E-state index in [0.717, 1.165) is 17.2 Å². The number of rotatable bonds is 1. The van der Waals surface area contributed by atoms with Gasteiger partial charge in [-0.1, -0.05) is 24.3 Å². The maximum atomic E-state index is 13.5. The highest BCUT2D eigenvalue weighted by Crippen LogP contribution is 2.25. The lowest BCUT2D eigenvalue weighted by Crippen LogP contribution is -1.90. The fourth-order valence-electron chi connectivity index (χ4n) is 1.46. The Hall–Kier alpha value is -1.90. The van der Waals surface area contributed by atoms with Gasteiger partial charge in [0.05, 0.1) is 6.20 Å². The van der Waals surface area contributed by atoms with Crippen LogP contribution in [0.1, 0.15) is 5.56 Å². The molecule has 0 saturated heterocycles. The highest BCUT2D eigenvalue weighted by atomic mass is 19.1. The minimum absolute atomic E-state index is 0.162. The normalized spacial score (nSPS) is 10.3. The van der Waals surface area contributed by atoms with Crippen LogP contribution in [-0.2, 0) is 0 Å². The summed E-state index contributed by atoms with van der Waals surface area (Å²) in [6, 6.07) is 8.48. The van der Waals surface area contributed by atoms with Crippen LogP contribution < -0.4 is 0 Å². The van der Waals surface area contributed by atoms with Gasteiger partial charge in [-0.25, -0.2) is 9.37 Å². The highest BCUT2D eigenvalue weighted by Gasteiger charge is 2.09. The first-order valence-corrected chi connectivity index (χ1v) is 4.59. The molecule has 0 amide bonds. The van der Waals surface area contributed by atoms with E-state index >= 15 is 0 Å². The molecule has 15 heavy (non-hydrogen) atoms. The third-order valence-electron chi connectivity index (χ3n) is 2.23. The zero-order valence-electron chi connectivity index (χ0n) is 8.24. The standard InChI is InChI=1S/C12H10FNO/c1-8-4-2-3-5-10(8)12-11(13)6-9(15)7-14-12/h2-7,15H,1H3. The van der Waals surface area contributed by atoms with Gasteiger partial charge in [0, 0.05) is 11.6 Å². The molecular weight excluding hydrogens is 193 g/mol. The average Bonchev–Trinajstić information content (AvgIpc) is 2.20. The van der Waals surface area contributed by atoms with Crippen LogP contribution in [0.2, 0.25) is 0 Å². The monoisotopic (exact) mass is 203 g/mol. The molecule has 0 atom stereocenters. The summed E-state index contributed by atoms with van der Waals surface area (Å²) < 4.78 is 13.5. The first kappa shape index (κ1) is 9.65. The van der Waals surface area contributed by atoms with Crippen LogP contribution in [0, 0.1) is 12.7 Å². The first-order chi connectivity index (χ1) is 7.18. The molecule has 0 radical (unpaired) electrons. The lowest BCUT2D eigenvalue weighted by Gasteiger charge is -2.05. The molecule has 2 aromatic rings. The van der Waals surface area contributed by atoms with Gasteiger partial charge >= 0.3 is 0 Å². The number of aryl methyl sites for hydroxylation is 1. The van der Waals surface area contributed by atoms with Crippen molar-refractivity contribution in [3.63, 3.8) is 0 Å². The fraction of sp³-hybridized carbons (Fsp3) is 0.0833. The topological polar surface area (TPSA) is 33.1 Å². The SMILES string of the molecule is Cc1ccccc1-c1ncc(O)cc1F. The Balaban J connectivity index is 2.60. The number of halogens is 1. The Morgan fingerprint density at radius 1 is 1.27 bits per heavy atom. The molecule has 0 saturated carbocycles. The molecule has 0 aliphatic rings. The van der Waals surface area contributed by atoms with Crippen LogP contribution in [0.25, 0.3) is 11.3 Å². The molecule has 0 unspecified atom stereocenters. The number of aromatic hydroxyl groups is 1. The van der Waals surface area contributed by atoms with E-state index in [1.54, 1.807) is 6.07 Å². The molecule has 0 aliphatic heterocycles. The summed E-state index contributed by atoms with van der Waals surface area (Å²) in [5.74, 6) is -0.672. The second-order valence-electron chi connectivity index (χ2n) is 3.34. The van der Waals surface area contributed by atoms with Crippen LogP contribution in [-0.4, -0.2) is 10.1 Å². The van der Waals surface area contributed by atoms with Gasteiger partial charge in [0.15, 0.2) is 5.82 Å². The van der Waals surface area contributed by atoms with Crippen molar-refractivity contribution >= 4 is 0 Å². The molecule has 76 valence electrons. The second-order valence-corrected chi connectivity index (χ2v) is 3.34. The van der Waals surface area contributed by atoms with Gasteiger partial charge in [-0.15, -0.1) is 0 Å². The van der Waals surface area contributed by atoms with Crippen LogP contribution in [0.15, 0.2) is 36.5 Å². The molecule has 1 heterocycles. The number of nitrogens with zero attached hydrogens (tertiary/aromatic N) is 1. The largest absolute Gasteiger partial charge is 0.506 e. The van der Waals surface area contributed by atoms with Gasteiger partial charge in [0.2, 0.25) is 0 Å². The number of benzene rings is 1. The molecule has 1 aromatic heterocycles. The van der Waals surface area contributed by atoms with Crippen molar-refractivity contribution in [3.05, 3.63) is 47.9 Å². The zero-order chi connectivity index (χ0) is 10.8.